The molecule has 1 aliphatic heterocycles. The fourth-order valence-electron chi connectivity index (χ4n) is 3.50. The molecule has 18 heavy (non-hydrogen) atoms. The number of rotatable bonds is 3. The third kappa shape index (κ3) is 1.19. The lowest BCUT2D eigenvalue weighted by Crippen LogP contribution is -2.35. The Labute approximate surface area is 106 Å². The maximum Gasteiger partial charge on any atom is 0.236 e. The first-order valence-corrected chi connectivity index (χ1v) is 6.63. The van der Waals surface area contributed by atoms with Gasteiger partial charge in [-0.05, 0) is 30.7 Å². The molecule has 0 spiro atoms. The Bertz CT molecular complexity index is 535. The van der Waals surface area contributed by atoms with E-state index in [0.717, 1.165) is 24.8 Å². The van der Waals surface area contributed by atoms with E-state index in [4.69, 9.17) is 0 Å². The molecule has 0 aromatic heterocycles. The molecule has 3 nitrogen and oxygen atoms in total. The largest absolute Gasteiger partial charge is 0.277 e. The fourth-order valence-corrected chi connectivity index (χ4v) is 3.50. The molecule has 0 N–H and O–H groups in total. The number of fused-ring (bicyclic) bond motifs is 1. The van der Waals surface area contributed by atoms with Crippen LogP contribution in [0.15, 0.2) is 30.3 Å². The summed E-state index contributed by atoms with van der Waals surface area (Å²) in [6.07, 6.45) is 3.09. The topological polar surface area (TPSA) is 37.4 Å². The Morgan fingerprint density at radius 2 is 1.89 bits per heavy atom. The first-order chi connectivity index (χ1) is 8.73. The van der Waals surface area contributed by atoms with Crippen molar-refractivity contribution in [1.82, 2.24) is 4.90 Å². The van der Waals surface area contributed by atoms with E-state index < -0.39 is 0 Å². The van der Waals surface area contributed by atoms with Gasteiger partial charge >= 0.3 is 0 Å². The van der Waals surface area contributed by atoms with Gasteiger partial charge in [0.05, 0.1) is 17.9 Å². The van der Waals surface area contributed by atoms with Gasteiger partial charge in [-0.15, -0.1) is 0 Å². The molecule has 3 heteroatoms. The fraction of sp³-hybridized carbons (Fsp3) is 0.467. The maximum atomic E-state index is 12.5. The van der Waals surface area contributed by atoms with Crippen LogP contribution in [-0.2, 0) is 16.1 Å². The van der Waals surface area contributed by atoms with E-state index in [1.165, 1.54) is 4.90 Å². The number of hydrogen-bond donors (Lipinski definition) is 0. The molecule has 2 amide bonds. The van der Waals surface area contributed by atoms with E-state index in [0.29, 0.717) is 12.5 Å². The summed E-state index contributed by atoms with van der Waals surface area (Å²) < 4.78 is 0. The van der Waals surface area contributed by atoms with Crippen molar-refractivity contribution in [2.45, 2.75) is 25.8 Å². The molecule has 2 saturated carbocycles. The summed E-state index contributed by atoms with van der Waals surface area (Å²) in [5, 5.41) is 0. The summed E-state index contributed by atoms with van der Waals surface area (Å²) in [5.41, 5.74) is 0.776. The van der Waals surface area contributed by atoms with E-state index in [1.807, 2.05) is 30.3 Å². The van der Waals surface area contributed by atoms with Crippen LogP contribution < -0.4 is 0 Å². The molecule has 1 aromatic carbocycles. The molecular formula is C15H15NO2. The summed E-state index contributed by atoms with van der Waals surface area (Å²) in [4.78, 5) is 26.2. The Hall–Kier alpha value is -1.64. The minimum atomic E-state index is -0.258. The van der Waals surface area contributed by atoms with Gasteiger partial charge in [0, 0.05) is 0 Å². The summed E-state index contributed by atoms with van der Waals surface area (Å²) in [5.74, 6) is 0.681. The second-order valence-corrected chi connectivity index (χ2v) is 5.79. The highest BCUT2D eigenvalue weighted by molar-refractivity contribution is 6.11. The molecule has 0 bridgehead atoms. The third-order valence-electron chi connectivity index (χ3n) is 4.70. The second-order valence-electron chi connectivity index (χ2n) is 5.79. The number of carbonyl (C=O) groups excluding carboxylic acids is 2. The molecule has 1 aromatic rings. The first kappa shape index (κ1) is 10.3. The van der Waals surface area contributed by atoms with Gasteiger partial charge in [0.2, 0.25) is 11.8 Å². The van der Waals surface area contributed by atoms with Gasteiger partial charge in [-0.3, -0.25) is 14.5 Å². The van der Waals surface area contributed by atoms with E-state index in [2.05, 4.69) is 0 Å². The van der Waals surface area contributed by atoms with Crippen LogP contribution in [-0.4, -0.2) is 16.7 Å². The highest BCUT2D eigenvalue weighted by atomic mass is 16.2. The molecule has 2 unspecified atom stereocenters. The van der Waals surface area contributed by atoms with Crippen molar-refractivity contribution in [3.63, 3.8) is 0 Å². The molecule has 92 valence electrons. The van der Waals surface area contributed by atoms with Crippen molar-refractivity contribution >= 4 is 11.8 Å². The van der Waals surface area contributed by atoms with Crippen molar-refractivity contribution in [3.8, 4) is 0 Å². The predicted molar refractivity (Wildman–Crippen MR) is 65.3 cm³/mol. The number of carbonyl (C=O) groups is 2. The van der Waals surface area contributed by atoms with Crippen molar-refractivity contribution < 1.29 is 9.59 Å². The molecule has 4 rings (SSSR count). The highest BCUT2D eigenvalue weighted by Crippen LogP contribution is 2.69. The Morgan fingerprint density at radius 3 is 2.56 bits per heavy atom. The lowest BCUT2D eigenvalue weighted by molar-refractivity contribution is -0.143. The van der Waals surface area contributed by atoms with Crippen molar-refractivity contribution in [2.75, 3.05) is 0 Å². The van der Waals surface area contributed by atoms with Crippen LogP contribution in [0, 0.1) is 17.3 Å². The zero-order chi connectivity index (χ0) is 12.3. The minimum Gasteiger partial charge on any atom is -0.277 e. The van der Waals surface area contributed by atoms with Gasteiger partial charge < -0.3 is 0 Å². The summed E-state index contributed by atoms with van der Waals surface area (Å²) in [6.45, 7) is 0.448. The van der Waals surface area contributed by atoms with E-state index >= 15 is 0 Å². The SMILES string of the molecule is O=C1C2CC2(C2CC2)C(=O)N1Cc1ccccc1. The number of nitrogens with zero attached hydrogens (tertiary/aromatic N) is 1. The van der Waals surface area contributed by atoms with Crippen LogP contribution in [0.5, 0.6) is 0 Å². The Balaban J connectivity index is 1.60. The number of benzene rings is 1. The van der Waals surface area contributed by atoms with Crippen LogP contribution in [0.1, 0.15) is 24.8 Å². The lowest BCUT2D eigenvalue weighted by Gasteiger charge is -2.19. The van der Waals surface area contributed by atoms with E-state index in [9.17, 15) is 9.59 Å². The number of likely N-dealkylation sites (tertiary alicyclic amines) is 1. The molecule has 1 heterocycles. The van der Waals surface area contributed by atoms with Gasteiger partial charge in [-0.2, -0.15) is 0 Å². The maximum absolute atomic E-state index is 12.5. The van der Waals surface area contributed by atoms with Gasteiger partial charge in [0.1, 0.15) is 0 Å². The summed E-state index contributed by atoms with van der Waals surface area (Å²) >= 11 is 0. The minimum absolute atomic E-state index is 0.0150. The van der Waals surface area contributed by atoms with E-state index in [-0.39, 0.29) is 23.1 Å². The zero-order valence-electron chi connectivity index (χ0n) is 10.1. The van der Waals surface area contributed by atoms with Crippen molar-refractivity contribution in [1.29, 1.82) is 0 Å². The standard InChI is InChI=1S/C15H15NO2/c17-13-12-8-15(12,11-6-7-11)14(18)16(13)9-10-4-2-1-3-5-10/h1-5,11-12H,6-9H2. The number of hydrogen-bond acceptors (Lipinski definition) is 2. The van der Waals surface area contributed by atoms with Crippen molar-refractivity contribution in [3.05, 3.63) is 35.9 Å². The molecular weight excluding hydrogens is 226 g/mol. The quantitative estimate of drug-likeness (QED) is 0.759. The van der Waals surface area contributed by atoms with Crippen LogP contribution in [0.2, 0.25) is 0 Å². The van der Waals surface area contributed by atoms with Crippen molar-refractivity contribution in [2.24, 2.45) is 17.3 Å². The van der Waals surface area contributed by atoms with Crippen LogP contribution in [0.3, 0.4) is 0 Å². The summed E-state index contributed by atoms with van der Waals surface area (Å²) in [7, 11) is 0. The molecule has 2 aliphatic carbocycles. The van der Waals surface area contributed by atoms with Crippen LogP contribution in [0.4, 0.5) is 0 Å². The van der Waals surface area contributed by atoms with Gasteiger partial charge in [0.25, 0.3) is 0 Å². The highest BCUT2D eigenvalue weighted by Gasteiger charge is 2.75. The van der Waals surface area contributed by atoms with E-state index in [1.54, 1.807) is 0 Å². The van der Waals surface area contributed by atoms with Crippen LogP contribution >= 0.6 is 0 Å². The second kappa shape index (κ2) is 3.22. The number of piperidine rings is 1. The molecule has 3 aliphatic rings. The first-order valence-electron chi connectivity index (χ1n) is 6.63. The molecule has 2 atom stereocenters. The van der Waals surface area contributed by atoms with Crippen LogP contribution in [0.25, 0.3) is 0 Å². The lowest BCUT2D eigenvalue weighted by atomic mass is 9.99. The normalized spacial score (nSPS) is 33.8. The predicted octanol–water partition coefficient (Wildman–Crippen LogP) is 1.97. The van der Waals surface area contributed by atoms with Gasteiger partial charge in [-0.25, -0.2) is 0 Å². The third-order valence-corrected chi connectivity index (χ3v) is 4.70. The number of amides is 2. The molecule has 0 radical (unpaired) electrons. The molecule has 1 saturated heterocycles. The summed E-state index contributed by atoms with van der Waals surface area (Å²) in [6, 6.07) is 9.76. The average Bonchev–Trinajstić information content (AvgIpc) is 3.26. The smallest absolute Gasteiger partial charge is 0.236 e. The Kier molecular flexibility index (Phi) is 1.84. The number of imide groups is 1. The molecule has 3 fully saturated rings. The van der Waals surface area contributed by atoms with Gasteiger partial charge in [0.15, 0.2) is 0 Å². The Morgan fingerprint density at radius 1 is 1.17 bits per heavy atom. The van der Waals surface area contributed by atoms with Gasteiger partial charge in [-0.1, -0.05) is 30.3 Å². The zero-order valence-corrected chi connectivity index (χ0v) is 10.1. The average molecular weight is 241 g/mol. The monoisotopic (exact) mass is 241 g/mol.